The van der Waals surface area contributed by atoms with Crippen LogP contribution in [0.4, 0.5) is 10.2 Å². The van der Waals surface area contributed by atoms with Gasteiger partial charge in [-0.25, -0.2) is 9.37 Å². The minimum absolute atomic E-state index is 0.0266. The lowest BCUT2D eigenvalue weighted by Gasteiger charge is -2.49. The van der Waals surface area contributed by atoms with E-state index in [0.29, 0.717) is 6.42 Å². The Morgan fingerprint density at radius 1 is 1.29 bits per heavy atom. The van der Waals surface area contributed by atoms with Crippen molar-refractivity contribution in [2.75, 3.05) is 25.5 Å². The highest BCUT2D eigenvalue weighted by molar-refractivity contribution is 5.73. The van der Waals surface area contributed by atoms with Crippen LogP contribution in [0.5, 0.6) is 5.75 Å². The Balaban J connectivity index is 1.59. The molecule has 0 unspecified atom stereocenters. The highest BCUT2D eigenvalue weighted by Crippen LogP contribution is 2.51. The van der Waals surface area contributed by atoms with Crippen LogP contribution < -0.4 is 20.3 Å². The zero-order chi connectivity index (χ0) is 27.7. The monoisotopic (exact) mass is 526 g/mol. The molecule has 2 heterocycles. The summed E-state index contributed by atoms with van der Waals surface area (Å²) in [4.78, 5) is 18.9. The summed E-state index contributed by atoms with van der Waals surface area (Å²) in [6.45, 7) is 8.32. The molecule has 3 atom stereocenters. The molecular weight excluding hydrogens is 483 g/mol. The Bertz CT molecular complexity index is 1140. The number of halogens is 1. The Morgan fingerprint density at radius 2 is 2.03 bits per heavy atom. The molecule has 1 aliphatic carbocycles. The van der Waals surface area contributed by atoms with Crippen LogP contribution in [-0.4, -0.2) is 54.4 Å². The lowest BCUT2D eigenvalue weighted by atomic mass is 9.72. The van der Waals surface area contributed by atoms with Crippen molar-refractivity contribution in [3.05, 3.63) is 53.0 Å². The second kappa shape index (κ2) is 11.2. The summed E-state index contributed by atoms with van der Waals surface area (Å²) < 4.78 is 20.4. The average Bonchev–Trinajstić information content (AvgIpc) is 2.79. The Labute approximate surface area is 226 Å². The van der Waals surface area contributed by atoms with E-state index in [1.54, 1.807) is 12.1 Å². The van der Waals surface area contributed by atoms with Crippen molar-refractivity contribution in [1.82, 2.24) is 15.6 Å². The predicted molar refractivity (Wildman–Crippen MR) is 148 cm³/mol. The van der Waals surface area contributed by atoms with Gasteiger partial charge in [0, 0.05) is 51.3 Å². The molecule has 8 heteroatoms. The second-order valence-corrected chi connectivity index (χ2v) is 12.5. The summed E-state index contributed by atoms with van der Waals surface area (Å²) in [5, 5.41) is 17.7. The molecule has 1 saturated carbocycles. The molecule has 0 radical (unpaired) electrons. The van der Waals surface area contributed by atoms with E-state index in [4.69, 9.17) is 9.72 Å². The number of nitrogens with zero attached hydrogens (tertiary/aromatic N) is 2. The Kier molecular flexibility index (Phi) is 8.33. The quantitative estimate of drug-likeness (QED) is 0.451. The summed E-state index contributed by atoms with van der Waals surface area (Å²) in [5.41, 5.74) is 2.67. The van der Waals surface area contributed by atoms with Gasteiger partial charge in [-0.2, -0.15) is 0 Å². The Hall–Kier alpha value is -2.71. The lowest BCUT2D eigenvalue weighted by Crippen LogP contribution is -2.52. The number of ether oxygens (including phenoxy) is 1. The second-order valence-electron chi connectivity index (χ2n) is 12.5. The fourth-order valence-electron chi connectivity index (χ4n) is 5.56. The molecule has 4 rings (SSSR count). The van der Waals surface area contributed by atoms with Crippen LogP contribution in [0.15, 0.2) is 30.3 Å². The van der Waals surface area contributed by atoms with Crippen LogP contribution in [0.3, 0.4) is 0 Å². The number of nitrogens with one attached hydrogen (secondary N) is 2. The van der Waals surface area contributed by atoms with Crippen molar-refractivity contribution < 1.29 is 19.0 Å². The number of benzene rings is 1. The van der Waals surface area contributed by atoms with E-state index < -0.39 is 12.1 Å². The minimum atomic E-state index is -0.866. The van der Waals surface area contributed by atoms with Gasteiger partial charge in [0.1, 0.15) is 11.4 Å². The third-order valence-electron chi connectivity index (χ3n) is 7.48. The van der Waals surface area contributed by atoms with Gasteiger partial charge in [0.25, 0.3) is 0 Å². The van der Waals surface area contributed by atoms with Crippen LogP contribution in [-0.2, 0) is 17.6 Å². The van der Waals surface area contributed by atoms with E-state index in [1.807, 2.05) is 19.0 Å². The molecule has 1 spiro atoms. The van der Waals surface area contributed by atoms with Gasteiger partial charge in [0.15, 0.2) is 11.6 Å². The molecule has 38 heavy (non-hydrogen) atoms. The first kappa shape index (κ1) is 28.3. The molecule has 0 bridgehead atoms. The molecule has 208 valence electrons. The predicted octanol–water partition coefficient (Wildman–Crippen LogP) is 4.32. The summed E-state index contributed by atoms with van der Waals surface area (Å²) in [5.74, 6) is 1.09. The number of fused-ring (bicyclic) bond motifs is 1. The maximum atomic E-state index is 13.8. The topological polar surface area (TPSA) is 86.7 Å². The lowest BCUT2D eigenvalue weighted by molar-refractivity contribution is -0.120. The maximum absolute atomic E-state index is 13.8. The highest BCUT2D eigenvalue weighted by Gasteiger charge is 2.47. The van der Waals surface area contributed by atoms with Gasteiger partial charge in [0.2, 0.25) is 5.91 Å². The summed E-state index contributed by atoms with van der Waals surface area (Å²) in [6, 6.07) is 7.85. The molecular formula is C30H43FN4O3. The number of amides is 1. The van der Waals surface area contributed by atoms with Crippen molar-refractivity contribution in [3.8, 4) is 5.75 Å². The number of rotatable bonds is 9. The minimum Gasteiger partial charge on any atom is -0.483 e. The molecule has 1 fully saturated rings. The van der Waals surface area contributed by atoms with Gasteiger partial charge < -0.3 is 25.4 Å². The average molecular weight is 527 g/mol. The van der Waals surface area contributed by atoms with Crippen LogP contribution in [0.25, 0.3) is 0 Å². The van der Waals surface area contributed by atoms with E-state index in [2.05, 4.69) is 37.5 Å². The number of hydrogen-bond donors (Lipinski definition) is 3. The summed E-state index contributed by atoms with van der Waals surface area (Å²) >= 11 is 0. The molecule has 7 nitrogen and oxygen atoms in total. The number of pyridine rings is 1. The van der Waals surface area contributed by atoms with E-state index in [9.17, 15) is 14.3 Å². The van der Waals surface area contributed by atoms with Crippen molar-refractivity contribution in [2.24, 2.45) is 5.41 Å². The summed E-state index contributed by atoms with van der Waals surface area (Å²) in [7, 11) is 3.98. The number of hydrogen-bond acceptors (Lipinski definition) is 6. The van der Waals surface area contributed by atoms with Gasteiger partial charge in [-0.3, -0.25) is 4.79 Å². The van der Waals surface area contributed by atoms with Gasteiger partial charge in [-0.15, -0.1) is 0 Å². The third kappa shape index (κ3) is 6.83. The van der Waals surface area contributed by atoms with E-state index >= 15 is 0 Å². The maximum Gasteiger partial charge on any atom is 0.217 e. The number of carbonyl (C=O) groups is 1. The standard InChI is InChI=1S/C30H43FN4O3/c1-19(36)33-24(14-20-9-7-10-21(31)13-20)26(37)18-32-25-17-30(11-8-12-30)38-27-23(25)15-22(16-29(2,3)4)34-28(27)35(5)6/h7,9-10,13,15,24-26,32,37H,8,11-12,14,16-18H2,1-6H3,(H,33,36)/t24-,25-,26+/m0/s1. The fraction of sp³-hybridized carbons (Fsp3) is 0.600. The molecule has 2 aliphatic rings. The van der Waals surface area contributed by atoms with Gasteiger partial charge in [0.05, 0.1) is 12.1 Å². The SMILES string of the molecule is CC(=O)N[C@@H](Cc1cccc(F)c1)[C@H](O)CN[C@H]1CC2(CCC2)Oc2c1cc(CC(C)(C)C)nc2N(C)C. The Morgan fingerprint density at radius 3 is 2.61 bits per heavy atom. The van der Waals surface area contributed by atoms with E-state index in [0.717, 1.165) is 60.5 Å². The van der Waals surface area contributed by atoms with E-state index in [-0.39, 0.29) is 35.3 Å². The number of carbonyl (C=O) groups excluding carboxylic acids is 1. The smallest absolute Gasteiger partial charge is 0.217 e. The first-order valence-corrected chi connectivity index (χ1v) is 13.7. The van der Waals surface area contributed by atoms with Crippen LogP contribution in [0.1, 0.15) is 76.2 Å². The van der Waals surface area contributed by atoms with Crippen LogP contribution >= 0.6 is 0 Å². The fourth-order valence-corrected chi connectivity index (χ4v) is 5.56. The van der Waals surface area contributed by atoms with Crippen molar-refractivity contribution in [2.45, 2.75) is 90.0 Å². The molecule has 3 N–H and O–H groups in total. The van der Waals surface area contributed by atoms with Crippen molar-refractivity contribution >= 4 is 11.7 Å². The molecule has 2 aromatic rings. The normalized spacial score (nSPS) is 19.6. The van der Waals surface area contributed by atoms with Gasteiger partial charge in [-0.05, 0) is 61.3 Å². The summed E-state index contributed by atoms with van der Waals surface area (Å²) in [6.07, 6.45) is 4.24. The molecule has 0 saturated heterocycles. The highest BCUT2D eigenvalue weighted by atomic mass is 19.1. The number of anilines is 1. The first-order valence-electron chi connectivity index (χ1n) is 13.7. The number of aliphatic hydroxyl groups excluding tert-OH is 1. The van der Waals surface area contributed by atoms with Gasteiger partial charge in [-0.1, -0.05) is 32.9 Å². The van der Waals surface area contributed by atoms with E-state index in [1.165, 1.54) is 19.1 Å². The largest absolute Gasteiger partial charge is 0.483 e. The first-order chi connectivity index (χ1) is 17.8. The van der Waals surface area contributed by atoms with Gasteiger partial charge >= 0.3 is 0 Å². The number of aromatic nitrogens is 1. The zero-order valence-corrected chi connectivity index (χ0v) is 23.6. The molecule has 1 aliphatic heterocycles. The van der Waals surface area contributed by atoms with Crippen LogP contribution in [0.2, 0.25) is 0 Å². The molecule has 1 amide bonds. The number of aliphatic hydroxyl groups is 1. The van der Waals surface area contributed by atoms with Crippen LogP contribution in [0, 0.1) is 11.2 Å². The molecule has 1 aromatic heterocycles. The zero-order valence-electron chi connectivity index (χ0n) is 23.6. The van der Waals surface area contributed by atoms with Crippen molar-refractivity contribution in [1.29, 1.82) is 0 Å². The molecule has 1 aromatic carbocycles. The van der Waals surface area contributed by atoms with Crippen molar-refractivity contribution in [3.63, 3.8) is 0 Å². The third-order valence-corrected chi connectivity index (χ3v) is 7.48.